The lowest BCUT2D eigenvalue weighted by molar-refractivity contribution is -0.0721. The zero-order valence-electron chi connectivity index (χ0n) is 18.3. The summed E-state index contributed by atoms with van der Waals surface area (Å²) in [6.45, 7) is 6.78. The van der Waals surface area contributed by atoms with Crippen LogP contribution >= 0.6 is 0 Å². The van der Waals surface area contributed by atoms with Crippen molar-refractivity contribution in [2.24, 2.45) is 4.99 Å². The Morgan fingerprint density at radius 2 is 2.00 bits per heavy atom. The molecule has 0 saturated carbocycles. The SMILES string of the molecule is CCNC(=NCC(OC)c1ccc(F)cc1)N1CCC(OCC2CCCCO2)CC1. The zero-order valence-corrected chi connectivity index (χ0v) is 18.3. The Morgan fingerprint density at radius 3 is 2.63 bits per heavy atom. The lowest BCUT2D eigenvalue weighted by Crippen LogP contribution is -2.47. The number of aliphatic imine (C=N–C) groups is 1. The van der Waals surface area contributed by atoms with Crippen molar-refractivity contribution in [2.75, 3.05) is 46.5 Å². The fourth-order valence-corrected chi connectivity index (χ4v) is 4.01. The minimum atomic E-state index is -0.245. The Morgan fingerprint density at radius 1 is 1.23 bits per heavy atom. The van der Waals surface area contributed by atoms with Crippen LogP contribution in [0.1, 0.15) is 50.7 Å². The van der Waals surface area contributed by atoms with Crippen molar-refractivity contribution in [1.29, 1.82) is 0 Å². The summed E-state index contributed by atoms with van der Waals surface area (Å²) in [5.41, 5.74) is 0.926. The first kappa shape index (κ1) is 23.0. The number of guanidine groups is 1. The van der Waals surface area contributed by atoms with Crippen molar-refractivity contribution in [2.45, 2.75) is 57.3 Å². The molecule has 1 aromatic rings. The molecule has 3 rings (SSSR count). The highest BCUT2D eigenvalue weighted by Gasteiger charge is 2.24. The Bertz CT molecular complexity index is 642. The average Bonchev–Trinajstić information content (AvgIpc) is 2.79. The third-order valence-electron chi connectivity index (χ3n) is 5.80. The fraction of sp³-hybridized carbons (Fsp3) is 0.696. The van der Waals surface area contributed by atoms with Gasteiger partial charge in [-0.25, -0.2) is 4.39 Å². The van der Waals surface area contributed by atoms with E-state index < -0.39 is 0 Å². The molecule has 0 aromatic heterocycles. The number of benzene rings is 1. The fourth-order valence-electron chi connectivity index (χ4n) is 4.01. The number of piperidine rings is 1. The molecule has 0 aliphatic carbocycles. The summed E-state index contributed by atoms with van der Waals surface area (Å²) >= 11 is 0. The second kappa shape index (κ2) is 12.2. The Labute approximate surface area is 179 Å². The van der Waals surface area contributed by atoms with Gasteiger partial charge in [-0.1, -0.05) is 12.1 Å². The van der Waals surface area contributed by atoms with E-state index in [1.807, 2.05) is 0 Å². The number of ether oxygens (including phenoxy) is 3. The van der Waals surface area contributed by atoms with Crippen LogP contribution < -0.4 is 5.32 Å². The van der Waals surface area contributed by atoms with Gasteiger partial charge in [0.25, 0.3) is 0 Å². The van der Waals surface area contributed by atoms with Crippen molar-refractivity contribution in [3.05, 3.63) is 35.6 Å². The van der Waals surface area contributed by atoms with Crippen LogP contribution in [0.3, 0.4) is 0 Å². The highest BCUT2D eigenvalue weighted by Crippen LogP contribution is 2.20. The van der Waals surface area contributed by atoms with E-state index in [4.69, 9.17) is 19.2 Å². The number of nitrogens with one attached hydrogen (secondary N) is 1. The summed E-state index contributed by atoms with van der Waals surface area (Å²) in [5, 5.41) is 3.39. The first-order valence-corrected chi connectivity index (χ1v) is 11.2. The van der Waals surface area contributed by atoms with E-state index in [2.05, 4.69) is 17.1 Å². The summed E-state index contributed by atoms with van der Waals surface area (Å²) in [7, 11) is 1.66. The number of nitrogens with zero attached hydrogens (tertiary/aromatic N) is 2. The number of methoxy groups -OCH3 is 1. The molecule has 0 bridgehead atoms. The molecule has 1 aromatic carbocycles. The van der Waals surface area contributed by atoms with Gasteiger partial charge in [-0.2, -0.15) is 0 Å². The maximum atomic E-state index is 13.2. The maximum absolute atomic E-state index is 13.2. The molecule has 2 fully saturated rings. The van der Waals surface area contributed by atoms with E-state index in [0.717, 1.165) is 57.0 Å². The highest BCUT2D eigenvalue weighted by atomic mass is 19.1. The number of hydrogen-bond acceptors (Lipinski definition) is 4. The van der Waals surface area contributed by atoms with Crippen LogP contribution in [0.4, 0.5) is 4.39 Å². The van der Waals surface area contributed by atoms with Crippen LogP contribution in [0.25, 0.3) is 0 Å². The number of likely N-dealkylation sites (tertiary alicyclic amines) is 1. The second-order valence-corrected chi connectivity index (χ2v) is 7.98. The molecule has 1 N–H and O–H groups in total. The largest absolute Gasteiger partial charge is 0.376 e. The second-order valence-electron chi connectivity index (χ2n) is 7.98. The zero-order chi connectivity index (χ0) is 21.2. The normalized spacial score (nSPS) is 22.2. The molecular weight excluding hydrogens is 385 g/mol. The summed E-state index contributed by atoms with van der Waals surface area (Å²) < 4.78 is 30.7. The van der Waals surface area contributed by atoms with Gasteiger partial charge in [0.2, 0.25) is 0 Å². The molecular formula is C23H36FN3O3. The average molecular weight is 422 g/mol. The molecule has 30 heavy (non-hydrogen) atoms. The third-order valence-corrected chi connectivity index (χ3v) is 5.80. The van der Waals surface area contributed by atoms with Gasteiger partial charge >= 0.3 is 0 Å². The summed E-state index contributed by atoms with van der Waals surface area (Å²) in [6, 6.07) is 6.43. The van der Waals surface area contributed by atoms with Gasteiger partial charge in [0.15, 0.2) is 5.96 Å². The molecule has 2 atom stereocenters. The minimum absolute atomic E-state index is 0.198. The van der Waals surface area contributed by atoms with Crippen LogP contribution in [0.2, 0.25) is 0 Å². The van der Waals surface area contributed by atoms with Gasteiger partial charge < -0.3 is 24.4 Å². The van der Waals surface area contributed by atoms with Gasteiger partial charge in [-0.15, -0.1) is 0 Å². The maximum Gasteiger partial charge on any atom is 0.194 e. The van der Waals surface area contributed by atoms with Gasteiger partial charge in [0.1, 0.15) is 11.9 Å². The predicted octanol–water partition coefficient (Wildman–Crippen LogP) is 3.53. The standard InChI is InChI=1S/C23H36FN3O3/c1-3-25-23(26-16-22(28-2)18-7-9-19(24)10-8-18)27-13-11-20(12-14-27)30-17-21-6-4-5-15-29-21/h7-10,20-22H,3-6,11-17H2,1-2H3,(H,25,26). The van der Waals surface area contributed by atoms with Gasteiger partial charge in [0, 0.05) is 33.4 Å². The molecule has 2 unspecified atom stereocenters. The van der Waals surface area contributed by atoms with Crippen molar-refractivity contribution in [3.8, 4) is 0 Å². The van der Waals surface area contributed by atoms with Crippen molar-refractivity contribution < 1.29 is 18.6 Å². The van der Waals surface area contributed by atoms with Crippen LogP contribution in [0.5, 0.6) is 0 Å². The number of halogens is 1. The first-order valence-electron chi connectivity index (χ1n) is 11.2. The summed E-state index contributed by atoms with van der Waals surface area (Å²) in [6.07, 6.45) is 5.88. The van der Waals surface area contributed by atoms with Crippen LogP contribution in [-0.4, -0.2) is 69.6 Å². The minimum Gasteiger partial charge on any atom is -0.376 e. The van der Waals surface area contributed by atoms with Gasteiger partial charge in [-0.3, -0.25) is 4.99 Å². The van der Waals surface area contributed by atoms with E-state index in [-0.39, 0.29) is 18.0 Å². The quantitative estimate of drug-likeness (QED) is 0.514. The van der Waals surface area contributed by atoms with Crippen LogP contribution in [0, 0.1) is 5.82 Å². The number of rotatable bonds is 8. The Balaban J connectivity index is 1.49. The lowest BCUT2D eigenvalue weighted by Gasteiger charge is -2.35. The molecule has 2 saturated heterocycles. The van der Waals surface area contributed by atoms with E-state index >= 15 is 0 Å². The van der Waals surface area contributed by atoms with Crippen molar-refractivity contribution in [1.82, 2.24) is 10.2 Å². The van der Waals surface area contributed by atoms with Crippen molar-refractivity contribution in [3.63, 3.8) is 0 Å². The molecule has 0 radical (unpaired) electrons. The highest BCUT2D eigenvalue weighted by molar-refractivity contribution is 5.80. The molecule has 6 nitrogen and oxygen atoms in total. The van der Waals surface area contributed by atoms with Gasteiger partial charge in [0.05, 0.1) is 25.4 Å². The molecule has 168 valence electrons. The molecule has 7 heteroatoms. The van der Waals surface area contributed by atoms with Gasteiger partial charge in [-0.05, 0) is 56.7 Å². The first-order chi connectivity index (χ1) is 14.7. The topological polar surface area (TPSA) is 55.3 Å². The lowest BCUT2D eigenvalue weighted by atomic mass is 10.1. The van der Waals surface area contributed by atoms with Crippen LogP contribution in [-0.2, 0) is 14.2 Å². The molecule has 2 heterocycles. The third kappa shape index (κ3) is 6.93. The predicted molar refractivity (Wildman–Crippen MR) is 116 cm³/mol. The van der Waals surface area contributed by atoms with E-state index in [1.54, 1.807) is 19.2 Å². The summed E-state index contributed by atoms with van der Waals surface area (Å²) in [5.74, 6) is 0.654. The van der Waals surface area contributed by atoms with E-state index in [0.29, 0.717) is 19.3 Å². The smallest absolute Gasteiger partial charge is 0.194 e. The van der Waals surface area contributed by atoms with Crippen LogP contribution in [0.15, 0.2) is 29.3 Å². The molecule has 0 spiro atoms. The molecule has 0 amide bonds. The Hall–Kier alpha value is -1.70. The molecule has 2 aliphatic heterocycles. The number of hydrogen-bond donors (Lipinski definition) is 1. The Kier molecular flexibility index (Phi) is 9.36. The molecule has 2 aliphatic rings. The van der Waals surface area contributed by atoms with Crippen molar-refractivity contribution >= 4 is 5.96 Å². The monoisotopic (exact) mass is 421 g/mol. The van der Waals surface area contributed by atoms with E-state index in [9.17, 15) is 4.39 Å². The van der Waals surface area contributed by atoms with E-state index in [1.165, 1.54) is 25.0 Å². The summed E-state index contributed by atoms with van der Waals surface area (Å²) in [4.78, 5) is 7.09.